The smallest absolute Gasteiger partial charge is 0.121 e. The molecular formula is C14H18O2. The van der Waals surface area contributed by atoms with Crippen LogP contribution in [0, 0.1) is 13.8 Å². The van der Waals surface area contributed by atoms with Gasteiger partial charge in [-0.15, -0.1) is 0 Å². The molecule has 86 valence electrons. The number of aryl methyl sites for hydroxylation is 2. The highest BCUT2D eigenvalue weighted by molar-refractivity contribution is 5.29. The van der Waals surface area contributed by atoms with Gasteiger partial charge in [-0.1, -0.05) is 29.3 Å². The molecule has 1 unspecified atom stereocenters. The van der Waals surface area contributed by atoms with Gasteiger partial charge in [0.25, 0.3) is 0 Å². The summed E-state index contributed by atoms with van der Waals surface area (Å²) in [6.45, 7) is 4.86. The quantitative estimate of drug-likeness (QED) is 0.844. The van der Waals surface area contributed by atoms with E-state index in [1.165, 1.54) is 16.7 Å². The minimum Gasteiger partial charge on any atom is -0.495 e. The van der Waals surface area contributed by atoms with Crippen molar-refractivity contribution in [2.24, 2.45) is 0 Å². The Morgan fingerprint density at radius 3 is 2.50 bits per heavy atom. The molecule has 2 nitrogen and oxygen atoms in total. The molecule has 2 rings (SSSR count). The monoisotopic (exact) mass is 218 g/mol. The first-order valence-corrected chi connectivity index (χ1v) is 5.73. The molecule has 0 fully saturated rings. The summed E-state index contributed by atoms with van der Waals surface area (Å²) in [6.07, 6.45) is 3.03. The summed E-state index contributed by atoms with van der Waals surface area (Å²) in [5.41, 5.74) is 3.65. The molecule has 0 spiro atoms. The average Bonchev–Trinajstić information content (AvgIpc) is 2.68. The van der Waals surface area contributed by atoms with E-state index in [-0.39, 0.29) is 0 Å². The van der Waals surface area contributed by atoms with Crippen molar-refractivity contribution in [3.8, 4) is 0 Å². The zero-order chi connectivity index (χ0) is 11.5. The average molecular weight is 218 g/mol. The minimum absolute atomic E-state index is 0.497. The second kappa shape index (κ2) is 4.71. The number of benzene rings is 1. The molecule has 0 radical (unpaired) electrons. The van der Waals surface area contributed by atoms with E-state index in [1.807, 2.05) is 6.08 Å². The molecule has 0 saturated carbocycles. The lowest BCUT2D eigenvalue weighted by Gasteiger charge is -2.13. The Bertz CT molecular complexity index is 387. The Hall–Kier alpha value is -1.28. The second-order valence-electron chi connectivity index (χ2n) is 4.46. The van der Waals surface area contributed by atoms with Crippen molar-refractivity contribution in [1.29, 1.82) is 0 Å². The number of ether oxygens (including phenoxy) is 1. The minimum atomic E-state index is -0.497. The lowest BCUT2D eigenvalue weighted by Crippen LogP contribution is -2.14. The van der Waals surface area contributed by atoms with Crippen molar-refractivity contribution in [2.75, 3.05) is 6.61 Å². The van der Waals surface area contributed by atoms with Gasteiger partial charge in [0, 0.05) is 12.8 Å². The lowest BCUT2D eigenvalue weighted by molar-refractivity contribution is 0.118. The van der Waals surface area contributed by atoms with Crippen LogP contribution in [0.4, 0.5) is 0 Å². The molecule has 0 bridgehead atoms. The van der Waals surface area contributed by atoms with E-state index in [1.54, 1.807) is 0 Å². The standard InChI is InChI=1S/C14H18O2/c1-10-6-11(2)8-12(7-10)9-13(15)14-4-3-5-16-14/h4,6-8,13,15H,3,5,9H2,1-2H3. The molecule has 1 atom stereocenters. The number of rotatable bonds is 3. The van der Waals surface area contributed by atoms with E-state index < -0.39 is 6.10 Å². The molecule has 2 heteroatoms. The maximum atomic E-state index is 9.99. The summed E-state index contributed by atoms with van der Waals surface area (Å²) < 4.78 is 5.36. The number of hydrogen-bond donors (Lipinski definition) is 1. The van der Waals surface area contributed by atoms with E-state index in [0.717, 1.165) is 12.2 Å². The predicted molar refractivity (Wildman–Crippen MR) is 64.3 cm³/mol. The zero-order valence-electron chi connectivity index (χ0n) is 9.86. The highest BCUT2D eigenvalue weighted by Crippen LogP contribution is 2.18. The first-order valence-electron chi connectivity index (χ1n) is 5.73. The Morgan fingerprint density at radius 2 is 1.94 bits per heavy atom. The van der Waals surface area contributed by atoms with Crippen LogP contribution in [-0.2, 0) is 11.2 Å². The fourth-order valence-corrected chi connectivity index (χ4v) is 2.18. The van der Waals surface area contributed by atoms with Crippen molar-refractivity contribution < 1.29 is 9.84 Å². The van der Waals surface area contributed by atoms with Crippen LogP contribution in [0.1, 0.15) is 23.1 Å². The van der Waals surface area contributed by atoms with Crippen LogP contribution in [-0.4, -0.2) is 17.8 Å². The van der Waals surface area contributed by atoms with E-state index in [0.29, 0.717) is 13.0 Å². The van der Waals surface area contributed by atoms with Gasteiger partial charge < -0.3 is 9.84 Å². The van der Waals surface area contributed by atoms with Crippen molar-refractivity contribution in [2.45, 2.75) is 32.8 Å². The predicted octanol–water partition coefficient (Wildman–Crippen LogP) is 2.51. The molecule has 0 aliphatic carbocycles. The van der Waals surface area contributed by atoms with Crippen LogP contribution in [0.2, 0.25) is 0 Å². The van der Waals surface area contributed by atoms with Crippen LogP contribution >= 0.6 is 0 Å². The van der Waals surface area contributed by atoms with Gasteiger partial charge in [0.2, 0.25) is 0 Å². The van der Waals surface area contributed by atoms with Crippen LogP contribution < -0.4 is 0 Å². The summed E-state index contributed by atoms with van der Waals surface area (Å²) in [5, 5.41) is 9.99. The summed E-state index contributed by atoms with van der Waals surface area (Å²) in [5.74, 6) is 0.735. The van der Waals surface area contributed by atoms with Crippen LogP contribution in [0.25, 0.3) is 0 Å². The maximum Gasteiger partial charge on any atom is 0.121 e. The molecule has 1 aliphatic heterocycles. The fourth-order valence-electron chi connectivity index (χ4n) is 2.18. The van der Waals surface area contributed by atoms with Gasteiger partial charge in [0.1, 0.15) is 11.9 Å². The number of aliphatic hydroxyl groups excluding tert-OH is 1. The fraction of sp³-hybridized carbons (Fsp3) is 0.429. The Kier molecular flexibility index (Phi) is 3.30. The van der Waals surface area contributed by atoms with Gasteiger partial charge in [0.15, 0.2) is 0 Å². The Morgan fingerprint density at radius 1 is 1.25 bits per heavy atom. The van der Waals surface area contributed by atoms with Gasteiger partial charge in [-0.05, 0) is 25.5 Å². The molecule has 1 heterocycles. The largest absolute Gasteiger partial charge is 0.495 e. The lowest BCUT2D eigenvalue weighted by atomic mass is 10.0. The molecule has 1 aliphatic rings. The second-order valence-corrected chi connectivity index (χ2v) is 4.46. The van der Waals surface area contributed by atoms with Crippen LogP contribution in [0.5, 0.6) is 0 Å². The van der Waals surface area contributed by atoms with Crippen LogP contribution in [0.15, 0.2) is 30.0 Å². The van der Waals surface area contributed by atoms with Gasteiger partial charge in [-0.2, -0.15) is 0 Å². The van der Waals surface area contributed by atoms with Crippen molar-refractivity contribution in [3.05, 3.63) is 46.7 Å². The Labute approximate surface area is 96.6 Å². The molecular weight excluding hydrogens is 200 g/mol. The van der Waals surface area contributed by atoms with E-state index >= 15 is 0 Å². The number of hydrogen-bond acceptors (Lipinski definition) is 2. The topological polar surface area (TPSA) is 29.5 Å². The Balaban J connectivity index is 2.08. The SMILES string of the molecule is Cc1cc(C)cc(CC(O)C2=CCCO2)c1. The molecule has 1 aromatic rings. The summed E-state index contributed by atoms with van der Waals surface area (Å²) in [4.78, 5) is 0. The van der Waals surface area contributed by atoms with Crippen molar-refractivity contribution in [3.63, 3.8) is 0 Å². The molecule has 0 saturated heterocycles. The maximum absolute atomic E-state index is 9.99. The number of aliphatic hydroxyl groups is 1. The van der Waals surface area contributed by atoms with Gasteiger partial charge in [0.05, 0.1) is 6.61 Å². The zero-order valence-corrected chi connectivity index (χ0v) is 9.86. The first-order chi connectivity index (χ1) is 7.65. The van der Waals surface area contributed by atoms with E-state index in [4.69, 9.17) is 4.74 Å². The van der Waals surface area contributed by atoms with Crippen molar-refractivity contribution >= 4 is 0 Å². The molecule has 0 aromatic heterocycles. The van der Waals surface area contributed by atoms with E-state index in [9.17, 15) is 5.11 Å². The van der Waals surface area contributed by atoms with Crippen LogP contribution in [0.3, 0.4) is 0 Å². The highest BCUT2D eigenvalue weighted by atomic mass is 16.5. The van der Waals surface area contributed by atoms with E-state index in [2.05, 4.69) is 32.0 Å². The third-order valence-electron chi connectivity index (χ3n) is 2.77. The highest BCUT2D eigenvalue weighted by Gasteiger charge is 2.16. The normalized spacial score (nSPS) is 16.8. The molecule has 0 amide bonds. The van der Waals surface area contributed by atoms with Gasteiger partial charge in [-0.25, -0.2) is 0 Å². The molecule has 1 N–H and O–H groups in total. The summed E-state index contributed by atoms with van der Waals surface area (Å²) >= 11 is 0. The van der Waals surface area contributed by atoms with Gasteiger partial charge >= 0.3 is 0 Å². The summed E-state index contributed by atoms with van der Waals surface area (Å²) in [6, 6.07) is 6.37. The molecule has 1 aromatic carbocycles. The van der Waals surface area contributed by atoms with Crippen molar-refractivity contribution in [1.82, 2.24) is 0 Å². The third-order valence-corrected chi connectivity index (χ3v) is 2.77. The molecule has 16 heavy (non-hydrogen) atoms. The first kappa shape index (κ1) is 11.2. The third kappa shape index (κ3) is 2.64. The summed E-state index contributed by atoms with van der Waals surface area (Å²) in [7, 11) is 0. The van der Waals surface area contributed by atoms with Gasteiger partial charge in [-0.3, -0.25) is 0 Å².